The number of fused-ring (bicyclic) bond motifs is 4. The summed E-state index contributed by atoms with van der Waals surface area (Å²) in [6, 6.07) is 17.7. The van der Waals surface area contributed by atoms with Gasteiger partial charge in [0.05, 0.1) is 5.69 Å². The average molecular weight is 472 g/mol. The minimum Gasteiger partial charge on any atom is -0.454 e. The summed E-state index contributed by atoms with van der Waals surface area (Å²) in [6.45, 7) is 2.18. The second-order valence-corrected chi connectivity index (χ2v) is 9.95. The number of carbonyl (C=O) groups is 1. The van der Waals surface area contributed by atoms with E-state index in [9.17, 15) is 4.79 Å². The first-order valence-corrected chi connectivity index (χ1v) is 12.9. The Kier molecular flexibility index (Phi) is 5.98. The van der Waals surface area contributed by atoms with Gasteiger partial charge in [-0.3, -0.25) is 4.79 Å². The number of likely N-dealkylation sites (tertiary alicyclic amines) is 1. The van der Waals surface area contributed by atoms with E-state index in [4.69, 9.17) is 9.47 Å². The summed E-state index contributed by atoms with van der Waals surface area (Å²) in [5.74, 6) is 1.68. The van der Waals surface area contributed by atoms with E-state index in [1.165, 1.54) is 41.8 Å². The minimum atomic E-state index is 0.127. The lowest BCUT2D eigenvalue weighted by Crippen LogP contribution is -2.31. The molecule has 6 heteroatoms. The van der Waals surface area contributed by atoms with Crippen molar-refractivity contribution in [1.82, 2.24) is 14.8 Å². The van der Waals surface area contributed by atoms with E-state index in [-0.39, 0.29) is 12.7 Å². The monoisotopic (exact) mass is 471 g/mol. The van der Waals surface area contributed by atoms with Crippen LogP contribution in [0.3, 0.4) is 0 Å². The summed E-state index contributed by atoms with van der Waals surface area (Å²) in [6.07, 6.45) is 6.76. The molecule has 1 amide bonds. The van der Waals surface area contributed by atoms with Crippen molar-refractivity contribution in [2.75, 3.05) is 26.9 Å². The molecular formula is C29H33N3O3. The maximum Gasteiger partial charge on any atom is 0.231 e. The number of aryl methyl sites for hydroxylation is 3. The zero-order valence-electron chi connectivity index (χ0n) is 20.4. The number of hydrogen-bond donors (Lipinski definition) is 1. The van der Waals surface area contributed by atoms with Gasteiger partial charge in [0.1, 0.15) is 0 Å². The van der Waals surface area contributed by atoms with Gasteiger partial charge in [-0.25, -0.2) is 0 Å². The van der Waals surface area contributed by atoms with Crippen LogP contribution in [0, 0.1) is 0 Å². The molecule has 0 spiro atoms. The Morgan fingerprint density at radius 3 is 2.80 bits per heavy atom. The second kappa shape index (κ2) is 9.42. The third-order valence-electron chi connectivity index (χ3n) is 7.79. The molecule has 2 aromatic carbocycles. The van der Waals surface area contributed by atoms with Crippen molar-refractivity contribution < 1.29 is 14.3 Å². The zero-order chi connectivity index (χ0) is 23.8. The molecule has 6 rings (SSSR count). The normalized spacial score (nSPS) is 18.4. The van der Waals surface area contributed by atoms with Crippen molar-refractivity contribution in [3.63, 3.8) is 0 Å². The Morgan fingerprint density at radius 1 is 1.06 bits per heavy atom. The summed E-state index contributed by atoms with van der Waals surface area (Å²) in [4.78, 5) is 15.2. The summed E-state index contributed by atoms with van der Waals surface area (Å²) in [5.41, 5.74) is 7.46. The third-order valence-corrected chi connectivity index (χ3v) is 7.79. The summed E-state index contributed by atoms with van der Waals surface area (Å²) >= 11 is 0. The molecule has 2 aliphatic heterocycles. The fourth-order valence-electron chi connectivity index (χ4n) is 5.90. The van der Waals surface area contributed by atoms with E-state index in [1.54, 1.807) is 0 Å². The molecule has 1 aliphatic carbocycles. The quantitative estimate of drug-likeness (QED) is 0.551. The van der Waals surface area contributed by atoms with Crippen LogP contribution in [0.4, 0.5) is 0 Å². The smallest absolute Gasteiger partial charge is 0.231 e. The van der Waals surface area contributed by atoms with Crippen LogP contribution >= 0.6 is 0 Å². The number of carbonyl (C=O) groups excluding carboxylic acids is 1. The van der Waals surface area contributed by atoms with Crippen molar-refractivity contribution >= 4 is 5.91 Å². The van der Waals surface area contributed by atoms with Crippen molar-refractivity contribution in [3.8, 4) is 28.4 Å². The highest BCUT2D eigenvalue weighted by Gasteiger charge is 2.25. The fourth-order valence-corrected chi connectivity index (χ4v) is 5.90. The molecule has 0 saturated carbocycles. The first-order valence-electron chi connectivity index (χ1n) is 12.9. The number of rotatable bonds is 7. The number of ether oxygens (including phenoxy) is 2. The van der Waals surface area contributed by atoms with E-state index in [0.29, 0.717) is 18.9 Å². The van der Waals surface area contributed by atoms with Gasteiger partial charge in [0.15, 0.2) is 11.5 Å². The van der Waals surface area contributed by atoms with Crippen LogP contribution in [0.5, 0.6) is 11.5 Å². The summed E-state index contributed by atoms with van der Waals surface area (Å²) in [7, 11) is 2.18. The van der Waals surface area contributed by atoms with Gasteiger partial charge >= 0.3 is 0 Å². The van der Waals surface area contributed by atoms with E-state index >= 15 is 0 Å². The Morgan fingerprint density at radius 2 is 1.91 bits per heavy atom. The van der Waals surface area contributed by atoms with Crippen molar-refractivity contribution in [3.05, 3.63) is 65.4 Å². The van der Waals surface area contributed by atoms with Crippen LogP contribution in [0.2, 0.25) is 0 Å². The van der Waals surface area contributed by atoms with Gasteiger partial charge in [-0.05, 0) is 81.4 Å². The first-order chi connectivity index (χ1) is 17.2. The van der Waals surface area contributed by atoms with Gasteiger partial charge in [-0.2, -0.15) is 0 Å². The highest BCUT2D eigenvalue weighted by atomic mass is 16.7. The Bertz CT molecular complexity index is 1250. The predicted molar refractivity (Wildman–Crippen MR) is 136 cm³/mol. The molecule has 1 saturated heterocycles. The SMILES string of the molecule is CN1CCCC1CCNC(=O)CCc1cc2c(n1-c1ccc3c(c1)OCO3)-c1ccccc1CC2. The number of amides is 1. The van der Waals surface area contributed by atoms with Gasteiger partial charge in [0.25, 0.3) is 0 Å². The van der Waals surface area contributed by atoms with Crippen LogP contribution in [-0.2, 0) is 24.1 Å². The van der Waals surface area contributed by atoms with E-state index in [0.717, 1.165) is 48.7 Å². The maximum absolute atomic E-state index is 12.7. The van der Waals surface area contributed by atoms with Crippen molar-refractivity contribution in [1.29, 1.82) is 0 Å². The molecule has 0 radical (unpaired) electrons. The van der Waals surface area contributed by atoms with Gasteiger partial charge in [-0.15, -0.1) is 0 Å². The molecular weight excluding hydrogens is 438 g/mol. The molecule has 3 heterocycles. The zero-order valence-corrected chi connectivity index (χ0v) is 20.4. The summed E-state index contributed by atoms with van der Waals surface area (Å²) in [5, 5.41) is 3.16. The van der Waals surface area contributed by atoms with Crippen molar-refractivity contribution in [2.45, 2.75) is 51.0 Å². The van der Waals surface area contributed by atoms with E-state index in [1.807, 2.05) is 6.07 Å². The number of benzene rings is 2. The van der Waals surface area contributed by atoms with Gasteiger partial charge in [-0.1, -0.05) is 24.3 Å². The Hall–Kier alpha value is -3.25. The van der Waals surface area contributed by atoms with E-state index < -0.39 is 0 Å². The van der Waals surface area contributed by atoms with Gasteiger partial charge < -0.3 is 24.3 Å². The second-order valence-electron chi connectivity index (χ2n) is 9.95. The van der Waals surface area contributed by atoms with Gasteiger partial charge in [0.2, 0.25) is 12.7 Å². The molecule has 182 valence electrons. The highest BCUT2D eigenvalue weighted by molar-refractivity contribution is 5.77. The summed E-state index contributed by atoms with van der Waals surface area (Å²) < 4.78 is 13.6. The molecule has 35 heavy (non-hydrogen) atoms. The van der Waals surface area contributed by atoms with Crippen LogP contribution in [0.1, 0.15) is 42.5 Å². The molecule has 0 bridgehead atoms. The lowest BCUT2D eigenvalue weighted by Gasteiger charge is -2.21. The van der Waals surface area contributed by atoms with E-state index in [2.05, 4.69) is 64.3 Å². The first kappa shape index (κ1) is 22.2. The number of nitrogens with zero attached hydrogens (tertiary/aromatic N) is 2. The van der Waals surface area contributed by atoms with Crippen LogP contribution in [0.15, 0.2) is 48.5 Å². The standard InChI is InChI=1S/C29H33N3O3/c1-31-16-4-6-22(31)14-15-30-28(33)13-11-23-17-21-9-8-20-5-2-3-7-25(20)29(21)32(23)24-10-12-26-27(18-24)35-19-34-26/h2-3,5,7,10,12,17-18,22H,4,6,8-9,11,13-16,19H2,1H3,(H,30,33). The van der Waals surface area contributed by atoms with Crippen LogP contribution in [-0.4, -0.2) is 48.3 Å². The minimum absolute atomic E-state index is 0.127. The third kappa shape index (κ3) is 4.31. The molecule has 1 fully saturated rings. The predicted octanol–water partition coefficient (Wildman–Crippen LogP) is 4.50. The largest absolute Gasteiger partial charge is 0.454 e. The Labute approximate surface area is 206 Å². The lowest BCUT2D eigenvalue weighted by molar-refractivity contribution is -0.121. The van der Waals surface area contributed by atoms with Crippen LogP contribution < -0.4 is 14.8 Å². The molecule has 1 aromatic heterocycles. The number of hydrogen-bond acceptors (Lipinski definition) is 4. The Balaban J connectivity index is 1.25. The highest BCUT2D eigenvalue weighted by Crippen LogP contribution is 2.40. The maximum atomic E-state index is 12.7. The van der Waals surface area contributed by atoms with Crippen LogP contribution in [0.25, 0.3) is 16.9 Å². The lowest BCUT2D eigenvalue weighted by atomic mass is 9.90. The fraction of sp³-hybridized carbons (Fsp3) is 0.414. The topological polar surface area (TPSA) is 55.7 Å². The molecule has 3 aromatic rings. The van der Waals surface area contributed by atoms with Gasteiger partial charge in [0, 0.05) is 42.0 Å². The number of aromatic nitrogens is 1. The molecule has 6 nitrogen and oxygen atoms in total. The molecule has 1 atom stereocenters. The molecule has 3 aliphatic rings. The number of nitrogens with one attached hydrogen (secondary N) is 1. The molecule has 1 unspecified atom stereocenters. The van der Waals surface area contributed by atoms with Crippen molar-refractivity contribution in [2.24, 2.45) is 0 Å². The molecule has 1 N–H and O–H groups in total. The average Bonchev–Trinajstić information content (AvgIpc) is 3.60.